The Balaban J connectivity index is 1.78. The first-order valence-electron chi connectivity index (χ1n) is 5.85. The van der Waals surface area contributed by atoms with Crippen molar-refractivity contribution in [3.8, 4) is 0 Å². The van der Waals surface area contributed by atoms with Gasteiger partial charge in [0, 0.05) is 12.6 Å². The van der Waals surface area contributed by atoms with Crippen LogP contribution in [0, 0.1) is 5.92 Å². The largest absolute Gasteiger partial charge is 0.317 e. The van der Waals surface area contributed by atoms with E-state index in [4.69, 9.17) is 0 Å². The van der Waals surface area contributed by atoms with Gasteiger partial charge in [-0.1, -0.05) is 6.92 Å². The molecule has 0 bridgehead atoms. The van der Waals surface area contributed by atoms with E-state index in [1.54, 1.807) is 0 Å². The lowest BCUT2D eigenvalue weighted by Gasteiger charge is -2.33. The van der Waals surface area contributed by atoms with Crippen molar-refractivity contribution < 1.29 is 0 Å². The van der Waals surface area contributed by atoms with Crippen LogP contribution in [0.5, 0.6) is 0 Å². The Kier molecular flexibility index (Phi) is 3.23. The number of rotatable bonds is 4. The molecule has 1 N–H and O–H groups in total. The Hall–Kier alpha value is -0.0800. The van der Waals surface area contributed by atoms with Gasteiger partial charge in [-0.2, -0.15) is 0 Å². The van der Waals surface area contributed by atoms with Crippen LogP contribution in [-0.4, -0.2) is 37.1 Å². The third-order valence-electron chi connectivity index (χ3n) is 3.42. The maximum absolute atomic E-state index is 3.44. The highest BCUT2D eigenvalue weighted by molar-refractivity contribution is 4.83. The first-order valence-corrected chi connectivity index (χ1v) is 5.85. The summed E-state index contributed by atoms with van der Waals surface area (Å²) in [5, 5.41) is 3.44. The third-order valence-corrected chi connectivity index (χ3v) is 3.42. The molecular formula is C11H22N2. The maximum Gasteiger partial charge on any atom is 0.0119 e. The summed E-state index contributed by atoms with van der Waals surface area (Å²) in [5.41, 5.74) is 0. The normalized spacial score (nSPS) is 25.4. The molecule has 1 aliphatic carbocycles. The van der Waals surface area contributed by atoms with Crippen LogP contribution in [0.15, 0.2) is 0 Å². The van der Waals surface area contributed by atoms with E-state index in [2.05, 4.69) is 17.1 Å². The van der Waals surface area contributed by atoms with E-state index in [0.29, 0.717) is 0 Å². The molecule has 1 saturated carbocycles. The minimum atomic E-state index is 0.881. The van der Waals surface area contributed by atoms with E-state index in [9.17, 15) is 0 Å². The first-order chi connectivity index (χ1) is 6.40. The van der Waals surface area contributed by atoms with Crippen LogP contribution in [0.1, 0.15) is 32.6 Å². The van der Waals surface area contributed by atoms with Crippen LogP contribution < -0.4 is 5.32 Å². The van der Waals surface area contributed by atoms with Crippen LogP contribution in [0.4, 0.5) is 0 Å². The van der Waals surface area contributed by atoms with Crippen LogP contribution in [0.2, 0.25) is 0 Å². The maximum atomic E-state index is 3.44. The van der Waals surface area contributed by atoms with Crippen molar-refractivity contribution in [3.05, 3.63) is 0 Å². The monoisotopic (exact) mass is 182 g/mol. The van der Waals surface area contributed by atoms with Gasteiger partial charge < -0.3 is 10.2 Å². The Morgan fingerprint density at radius 3 is 2.38 bits per heavy atom. The summed E-state index contributed by atoms with van der Waals surface area (Å²) < 4.78 is 0. The summed E-state index contributed by atoms with van der Waals surface area (Å²) in [6, 6.07) is 0.881. The lowest BCUT2D eigenvalue weighted by molar-refractivity contribution is 0.163. The second kappa shape index (κ2) is 4.43. The second-order valence-corrected chi connectivity index (χ2v) is 4.51. The number of piperidine rings is 1. The molecule has 1 aliphatic heterocycles. The van der Waals surface area contributed by atoms with E-state index in [-0.39, 0.29) is 0 Å². The number of nitrogens with zero attached hydrogens (tertiary/aromatic N) is 1. The highest BCUT2D eigenvalue weighted by Crippen LogP contribution is 2.30. The quantitative estimate of drug-likeness (QED) is 0.708. The van der Waals surface area contributed by atoms with Crippen molar-refractivity contribution in [2.24, 2.45) is 5.92 Å². The number of hydrogen-bond donors (Lipinski definition) is 1. The molecule has 1 heterocycles. The minimum absolute atomic E-state index is 0.881. The van der Waals surface area contributed by atoms with Crippen LogP contribution in [-0.2, 0) is 0 Å². The van der Waals surface area contributed by atoms with Crippen molar-refractivity contribution in [2.45, 2.75) is 38.6 Å². The van der Waals surface area contributed by atoms with Crippen molar-refractivity contribution in [2.75, 3.05) is 26.2 Å². The Morgan fingerprint density at radius 1 is 1.15 bits per heavy atom. The van der Waals surface area contributed by atoms with Gasteiger partial charge in [0.2, 0.25) is 0 Å². The fourth-order valence-electron chi connectivity index (χ4n) is 2.34. The van der Waals surface area contributed by atoms with E-state index in [1.165, 1.54) is 51.9 Å². The average Bonchev–Trinajstić information content (AvgIpc) is 2.99. The second-order valence-electron chi connectivity index (χ2n) is 4.51. The zero-order valence-electron chi connectivity index (χ0n) is 8.76. The zero-order valence-corrected chi connectivity index (χ0v) is 8.76. The molecule has 0 aromatic heterocycles. The Bertz CT molecular complexity index is 148. The molecule has 0 atom stereocenters. The summed E-state index contributed by atoms with van der Waals surface area (Å²) in [5.74, 6) is 1.05. The summed E-state index contributed by atoms with van der Waals surface area (Å²) in [6.45, 7) is 7.39. The molecule has 2 aliphatic rings. The number of hydrogen-bond acceptors (Lipinski definition) is 2. The molecule has 0 unspecified atom stereocenters. The predicted molar refractivity (Wildman–Crippen MR) is 55.9 cm³/mol. The smallest absolute Gasteiger partial charge is 0.0119 e. The van der Waals surface area contributed by atoms with Gasteiger partial charge in [0.25, 0.3) is 0 Å². The number of nitrogens with one attached hydrogen (secondary N) is 1. The third kappa shape index (κ3) is 2.68. The highest BCUT2D eigenvalue weighted by atomic mass is 15.2. The molecule has 0 amide bonds. The van der Waals surface area contributed by atoms with Gasteiger partial charge >= 0.3 is 0 Å². The molecule has 0 aromatic carbocycles. The molecule has 13 heavy (non-hydrogen) atoms. The lowest BCUT2D eigenvalue weighted by atomic mass is 10.0. The summed E-state index contributed by atoms with van der Waals surface area (Å²) in [7, 11) is 0. The Labute approximate surface area is 81.7 Å². The molecular weight excluding hydrogens is 160 g/mol. The van der Waals surface area contributed by atoms with Gasteiger partial charge in [-0.05, 0) is 51.2 Å². The van der Waals surface area contributed by atoms with Gasteiger partial charge in [-0.3, -0.25) is 0 Å². The Morgan fingerprint density at radius 2 is 1.85 bits per heavy atom. The summed E-state index contributed by atoms with van der Waals surface area (Å²) in [4.78, 5) is 2.71. The SMILES string of the molecule is CCN(CC1CC1)C1CCNCC1. The molecule has 0 spiro atoms. The molecule has 2 fully saturated rings. The molecule has 0 radical (unpaired) electrons. The average molecular weight is 182 g/mol. The molecule has 76 valence electrons. The lowest BCUT2D eigenvalue weighted by Crippen LogP contribution is -2.43. The molecule has 2 rings (SSSR count). The molecule has 2 heteroatoms. The van der Waals surface area contributed by atoms with Gasteiger partial charge in [0.1, 0.15) is 0 Å². The van der Waals surface area contributed by atoms with E-state index in [0.717, 1.165) is 12.0 Å². The fraction of sp³-hybridized carbons (Fsp3) is 1.00. The first kappa shape index (κ1) is 9.47. The van der Waals surface area contributed by atoms with E-state index in [1.807, 2.05) is 0 Å². The van der Waals surface area contributed by atoms with Crippen LogP contribution in [0.25, 0.3) is 0 Å². The predicted octanol–water partition coefficient (Wildman–Crippen LogP) is 1.47. The summed E-state index contributed by atoms with van der Waals surface area (Å²) in [6.07, 6.45) is 5.70. The van der Waals surface area contributed by atoms with E-state index < -0.39 is 0 Å². The minimum Gasteiger partial charge on any atom is -0.317 e. The topological polar surface area (TPSA) is 15.3 Å². The fourth-order valence-corrected chi connectivity index (χ4v) is 2.34. The zero-order chi connectivity index (χ0) is 9.10. The molecule has 1 saturated heterocycles. The molecule has 2 nitrogen and oxygen atoms in total. The van der Waals surface area contributed by atoms with E-state index >= 15 is 0 Å². The summed E-state index contributed by atoms with van der Waals surface area (Å²) >= 11 is 0. The van der Waals surface area contributed by atoms with Crippen molar-refractivity contribution in [1.82, 2.24) is 10.2 Å². The molecule has 0 aromatic rings. The van der Waals surface area contributed by atoms with Gasteiger partial charge in [-0.25, -0.2) is 0 Å². The van der Waals surface area contributed by atoms with Crippen LogP contribution in [0.3, 0.4) is 0 Å². The van der Waals surface area contributed by atoms with Gasteiger partial charge in [0.05, 0.1) is 0 Å². The standard InChI is InChI=1S/C11H22N2/c1-2-13(9-10-3-4-10)11-5-7-12-8-6-11/h10-12H,2-9H2,1H3. The van der Waals surface area contributed by atoms with Crippen LogP contribution >= 0.6 is 0 Å². The van der Waals surface area contributed by atoms with Gasteiger partial charge in [0.15, 0.2) is 0 Å². The van der Waals surface area contributed by atoms with Gasteiger partial charge in [-0.15, -0.1) is 0 Å². The van der Waals surface area contributed by atoms with Crippen molar-refractivity contribution in [1.29, 1.82) is 0 Å². The van der Waals surface area contributed by atoms with Crippen molar-refractivity contribution in [3.63, 3.8) is 0 Å². The van der Waals surface area contributed by atoms with Crippen molar-refractivity contribution >= 4 is 0 Å². The highest BCUT2D eigenvalue weighted by Gasteiger charge is 2.27.